The van der Waals surface area contributed by atoms with E-state index in [9.17, 15) is 9.18 Å². The second-order valence-electron chi connectivity index (χ2n) is 5.88. The number of rotatable bonds is 5. The third kappa shape index (κ3) is 4.23. The van der Waals surface area contributed by atoms with Gasteiger partial charge in [-0.05, 0) is 50.5 Å². The van der Waals surface area contributed by atoms with Crippen LogP contribution in [0.15, 0.2) is 46.9 Å². The molecule has 0 N–H and O–H groups in total. The molecule has 0 saturated heterocycles. The maximum absolute atomic E-state index is 13.5. The molecule has 2 aromatic carbocycles. The Morgan fingerprint density at radius 1 is 1.20 bits per heavy atom. The molecule has 0 aliphatic rings. The molecule has 0 saturated carbocycles. The number of aromatic nitrogens is 1. The first kappa shape index (κ1) is 18.0. The molecular formula is C18H17BrFN3OS. The molecule has 0 fully saturated rings. The van der Waals surface area contributed by atoms with Crippen LogP contribution in [0, 0.1) is 5.82 Å². The summed E-state index contributed by atoms with van der Waals surface area (Å²) in [5, 5.41) is 0.615. The lowest BCUT2D eigenvalue weighted by Crippen LogP contribution is -2.36. The third-order valence-corrected chi connectivity index (χ3v) is 5.19. The topological polar surface area (TPSA) is 36.4 Å². The first-order valence-electron chi connectivity index (χ1n) is 7.72. The highest BCUT2D eigenvalue weighted by atomic mass is 79.9. The number of amides is 1. The van der Waals surface area contributed by atoms with Crippen molar-refractivity contribution in [1.29, 1.82) is 0 Å². The fourth-order valence-electron chi connectivity index (χ4n) is 2.36. The fraction of sp³-hybridized carbons (Fsp3) is 0.222. The summed E-state index contributed by atoms with van der Waals surface area (Å²) >= 11 is 4.90. The number of hydrogen-bond donors (Lipinski definition) is 0. The summed E-state index contributed by atoms with van der Waals surface area (Å²) in [7, 11) is 3.89. The molecule has 130 valence electrons. The Morgan fingerprint density at radius 3 is 2.72 bits per heavy atom. The van der Waals surface area contributed by atoms with E-state index in [1.54, 1.807) is 17.0 Å². The predicted molar refractivity (Wildman–Crippen MR) is 104 cm³/mol. The minimum Gasteiger partial charge on any atom is -0.308 e. The zero-order valence-corrected chi connectivity index (χ0v) is 16.3. The Labute approximate surface area is 158 Å². The van der Waals surface area contributed by atoms with Crippen LogP contribution in [-0.2, 0) is 0 Å². The van der Waals surface area contributed by atoms with Gasteiger partial charge in [0.1, 0.15) is 5.82 Å². The summed E-state index contributed by atoms with van der Waals surface area (Å²) in [5.74, 6) is -0.675. The highest BCUT2D eigenvalue weighted by Crippen LogP contribution is 2.31. The monoisotopic (exact) mass is 421 g/mol. The third-order valence-electron chi connectivity index (χ3n) is 3.66. The van der Waals surface area contributed by atoms with Gasteiger partial charge in [0.15, 0.2) is 5.13 Å². The second kappa shape index (κ2) is 7.59. The highest BCUT2D eigenvalue weighted by molar-refractivity contribution is 9.10. The van der Waals surface area contributed by atoms with Crippen LogP contribution in [-0.4, -0.2) is 43.0 Å². The standard InChI is InChI=1S/C18H17BrFN3OS/c1-22(2)8-9-23(17(24)12-4-3-5-14(20)10-12)18-21-15-7-6-13(19)11-16(15)25-18/h3-7,10-11H,8-9H2,1-2H3. The van der Waals surface area contributed by atoms with Gasteiger partial charge in [-0.1, -0.05) is 33.3 Å². The van der Waals surface area contributed by atoms with Crippen LogP contribution in [0.1, 0.15) is 10.4 Å². The summed E-state index contributed by atoms with van der Waals surface area (Å²) in [6, 6.07) is 11.6. The van der Waals surface area contributed by atoms with Gasteiger partial charge in [-0.2, -0.15) is 0 Å². The molecule has 0 unspecified atom stereocenters. The number of carbonyl (C=O) groups is 1. The van der Waals surface area contributed by atoms with Crippen molar-refractivity contribution in [3.63, 3.8) is 0 Å². The number of hydrogen-bond acceptors (Lipinski definition) is 4. The number of halogens is 2. The smallest absolute Gasteiger partial charge is 0.260 e. The summed E-state index contributed by atoms with van der Waals surface area (Å²) in [5.41, 5.74) is 1.16. The van der Waals surface area contributed by atoms with Crippen molar-refractivity contribution >= 4 is 48.5 Å². The number of likely N-dealkylation sites (N-methyl/N-ethyl adjacent to an activating group) is 1. The van der Waals surface area contributed by atoms with Gasteiger partial charge in [-0.3, -0.25) is 9.69 Å². The minimum atomic E-state index is -0.424. The average Bonchev–Trinajstić information content (AvgIpc) is 2.97. The molecule has 1 amide bonds. The molecule has 0 aliphatic carbocycles. The van der Waals surface area contributed by atoms with Crippen LogP contribution in [0.2, 0.25) is 0 Å². The molecule has 0 atom stereocenters. The highest BCUT2D eigenvalue weighted by Gasteiger charge is 2.21. The Balaban J connectivity index is 1.99. The van der Waals surface area contributed by atoms with E-state index in [-0.39, 0.29) is 5.91 Å². The van der Waals surface area contributed by atoms with Crippen molar-refractivity contribution in [1.82, 2.24) is 9.88 Å². The lowest BCUT2D eigenvalue weighted by molar-refractivity contribution is 0.0985. The lowest BCUT2D eigenvalue weighted by Gasteiger charge is -2.22. The predicted octanol–water partition coefficient (Wildman–Crippen LogP) is 4.41. The van der Waals surface area contributed by atoms with Crippen LogP contribution in [0.25, 0.3) is 10.2 Å². The number of carbonyl (C=O) groups excluding carboxylic acids is 1. The van der Waals surface area contributed by atoms with Crippen LogP contribution >= 0.6 is 27.3 Å². The van der Waals surface area contributed by atoms with E-state index in [1.807, 2.05) is 37.2 Å². The largest absolute Gasteiger partial charge is 0.308 e. The van der Waals surface area contributed by atoms with Crippen molar-refractivity contribution in [2.75, 3.05) is 32.1 Å². The van der Waals surface area contributed by atoms with Crippen LogP contribution in [0.5, 0.6) is 0 Å². The molecular weight excluding hydrogens is 405 g/mol. The van der Waals surface area contributed by atoms with Crippen molar-refractivity contribution < 1.29 is 9.18 Å². The number of fused-ring (bicyclic) bond motifs is 1. The lowest BCUT2D eigenvalue weighted by atomic mass is 10.2. The maximum Gasteiger partial charge on any atom is 0.260 e. The molecule has 1 heterocycles. The zero-order valence-electron chi connectivity index (χ0n) is 13.9. The zero-order chi connectivity index (χ0) is 18.0. The maximum atomic E-state index is 13.5. The van der Waals surface area contributed by atoms with Crippen LogP contribution in [0.4, 0.5) is 9.52 Å². The van der Waals surface area contributed by atoms with Crippen molar-refractivity contribution in [2.24, 2.45) is 0 Å². The molecule has 7 heteroatoms. The second-order valence-corrected chi connectivity index (χ2v) is 7.80. The van der Waals surface area contributed by atoms with Crippen LogP contribution in [0.3, 0.4) is 0 Å². The summed E-state index contributed by atoms with van der Waals surface area (Å²) in [6.07, 6.45) is 0. The van der Waals surface area contributed by atoms with Gasteiger partial charge in [-0.25, -0.2) is 9.37 Å². The Kier molecular flexibility index (Phi) is 5.46. The van der Waals surface area contributed by atoms with Gasteiger partial charge in [0.25, 0.3) is 5.91 Å². The van der Waals surface area contributed by atoms with Crippen molar-refractivity contribution in [2.45, 2.75) is 0 Å². The molecule has 0 spiro atoms. The first-order chi connectivity index (χ1) is 11.9. The van der Waals surface area contributed by atoms with Gasteiger partial charge in [0, 0.05) is 23.1 Å². The van der Waals surface area contributed by atoms with Crippen molar-refractivity contribution in [3.05, 3.63) is 58.3 Å². The van der Waals surface area contributed by atoms with Crippen molar-refractivity contribution in [3.8, 4) is 0 Å². The molecule has 3 aromatic rings. The van der Waals surface area contributed by atoms with E-state index < -0.39 is 5.82 Å². The number of benzene rings is 2. The average molecular weight is 422 g/mol. The summed E-state index contributed by atoms with van der Waals surface area (Å²) in [6.45, 7) is 1.16. The molecule has 0 bridgehead atoms. The normalized spacial score (nSPS) is 11.2. The molecule has 3 rings (SSSR count). The number of anilines is 1. The molecule has 1 aromatic heterocycles. The van der Waals surface area contributed by atoms with Gasteiger partial charge in [0.05, 0.1) is 10.2 Å². The molecule has 0 aliphatic heterocycles. The van der Waals surface area contributed by atoms with E-state index in [2.05, 4.69) is 20.9 Å². The molecule has 25 heavy (non-hydrogen) atoms. The molecule has 0 radical (unpaired) electrons. The number of nitrogens with zero attached hydrogens (tertiary/aromatic N) is 3. The SMILES string of the molecule is CN(C)CCN(C(=O)c1cccc(F)c1)c1nc2ccc(Br)cc2s1. The number of thiazole rings is 1. The molecule has 4 nitrogen and oxygen atoms in total. The van der Waals surface area contributed by atoms with E-state index in [4.69, 9.17) is 0 Å². The fourth-order valence-corrected chi connectivity index (χ4v) is 3.90. The van der Waals surface area contributed by atoms with Gasteiger partial charge >= 0.3 is 0 Å². The first-order valence-corrected chi connectivity index (χ1v) is 9.33. The quantitative estimate of drug-likeness (QED) is 0.612. The van der Waals surface area contributed by atoms with Gasteiger partial charge in [0.2, 0.25) is 0 Å². The van der Waals surface area contributed by atoms with Crippen LogP contribution < -0.4 is 4.90 Å². The van der Waals surface area contributed by atoms with E-state index in [0.29, 0.717) is 23.8 Å². The Morgan fingerprint density at radius 2 is 2.00 bits per heavy atom. The summed E-state index contributed by atoms with van der Waals surface area (Å²) < 4.78 is 15.5. The van der Waals surface area contributed by atoms with Gasteiger partial charge < -0.3 is 4.90 Å². The Bertz CT molecular complexity index is 912. The van der Waals surface area contributed by atoms with E-state index >= 15 is 0 Å². The minimum absolute atomic E-state index is 0.250. The Hall–Kier alpha value is -1.83. The van der Waals surface area contributed by atoms with Gasteiger partial charge in [-0.15, -0.1) is 0 Å². The van der Waals surface area contributed by atoms with E-state index in [0.717, 1.165) is 14.7 Å². The van der Waals surface area contributed by atoms with E-state index in [1.165, 1.54) is 23.5 Å². The summed E-state index contributed by atoms with van der Waals surface area (Å²) in [4.78, 5) is 21.2.